The lowest BCUT2D eigenvalue weighted by Crippen LogP contribution is -2.50. The molecule has 5 heteroatoms. The van der Waals surface area contributed by atoms with Gasteiger partial charge in [-0.3, -0.25) is 4.79 Å². The van der Waals surface area contributed by atoms with E-state index in [9.17, 15) is 4.79 Å². The van der Waals surface area contributed by atoms with Gasteiger partial charge < -0.3 is 9.64 Å². The Morgan fingerprint density at radius 3 is 2.37 bits per heavy atom. The second-order valence-electron chi connectivity index (χ2n) is 9.25. The van der Waals surface area contributed by atoms with Crippen LogP contribution in [0.15, 0.2) is 48.5 Å². The van der Waals surface area contributed by atoms with Crippen LogP contribution in [-0.2, 0) is 9.53 Å². The number of amides is 1. The maximum Gasteiger partial charge on any atom is 0.249 e. The minimum absolute atomic E-state index is 0.0361. The van der Waals surface area contributed by atoms with Crippen molar-refractivity contribution in [2.45, 2.75) is 65.1 Å². The van der Waals surface area contributed by atoms with E-state index in [1.807, 2.05) is 48.5 Å². The molecule has 1 amide bonds. The zero-order valence-corrected chi connectivity index (χ0v) is 19.7. The predicted octanol–water partition coefficient (Wildman–Crippen LogP) is 7.24. The fourth-order valence-corrected chi connectivity index (χ4v) is 4.48. The molecular weight excluding hydrogens is 417 g/mol. The molecule has 3 nitrogen and oxygen atoms in total. The van der Waals surface area contributed by atoms with Crippen molar-refractivity contribution in [2.75, 3.05) is 6.61 Å². The Bertz CT molecular complexity index is 860. The molecule has 1 aliphatic rings. The van der Waals surface area contributed by atoms with Gasteiger partial charge in [0.2, 0.25) is 5.91 Å². The summed E-state index contributed by atoms with van der Waals surface area (Å²) in [4.78, 5) is 15.2. The molecule has 0 aliphatic carbocycles. The summed E-state index contributed by atoms with van der Waals surface area (Å²) in [6.45, 7) is 8.96. The Hall–Kier alpha value is -1.55. The van der Waals surface area contributed by atoms with Crippen LogP contribution in [0.4, 0.5) is 0 Å². The Labute approximate surface area is 190 Å². The molecule has 162 valence electrons. The molecule has 0 aromatic heterocycles. The van der Waals surface area contributed by atoms with Gasteiger partial charge in [0.25, 0.3) is 0 Å². The van der Waals surface area contributed by atoms with Gasteiger partial charge in [0.05, 0.1) is 6.04 Å². The summed E-state index contributed by atoms with van der Waals surface area (Å²) >= 11 is 12.4. The van der Waals surface area contributed by atoms with E-state index in [1.54, 1.807) is 0 Å². The standard InChI is InChI=1S/C25H31Cl2NO2/c1-5-21(13-14-25(2,3)4)28-22(29)16-30-24(18-7-6-8-20(27)15-18)23(28)17-9-11-19(26)12-10-17/h6-12,15,21,23-24H,5,13-14,16H2,1-4H3/t21-,23+,24+/m0/s1. The zero-order chi connectivity index (χ0) is 21.9. The first kappa shape index (κ1) is 23.1. The van der Waals surface area contributed by atoms with Crippen LogP contribution in [0.2, 0.25) is 10.0 Å². The largest absolute Gasteiger partial charge is 0.361 e. The van der Waals surface area contributed by atoms with E-state index in [4.69, 9.17) is 27.9 Å². The molecular formula is C25H31Cl2NO2. The highest BCUT2D eigenvalue weighted by atomic mass is 35.5. The van der Waals surface area contributed by atoms with E-state index >= 15 is 0 Å². The third-order valence-corrected chi connectivity index (χ3v) is 6.23. The molecule has 0 radical (unpaired) electrons. The molecule has 0 bridgehead atoms. The second kappa shape index (κ2) is 9.72. The van der Waals surface area contributed by atoms with Gasteiger partial charge in [0.15, 0.2) is 0 Å². The maximum absolute atomic E-state index is 13.2. The molecule has 30 heavy (non-hydrogen) atoms. The molecule has 1 heterocycles. The summed E-state index contributed by atoms with van der Waals surface area (Å²) in [6, 6.07) is 15.4. The van der Waals surface area contributed by atoms with Crippen LogP contribution in [0.1, 0.15) is 70.2 Å². The van der Waals surface area contributed by atoms with Gasteiger partial charge in [-0.15, -0.1) is 0 Å². The van der Waals surface area contributed by atoms with Gasteiger partial charge >= 0.3 is 0 Å². The van der Waals surface area contributed by atoms with Crippen molar-refractivity contribution in [3.8, 4) is 0 Å². The summed E-state index contributed by atoms with van der Waals surface area (Å²) < 4.78 is 6.12. The van der Waals surface area contributed by atoms with E-state index in [2.05, 4.69) is 32.6 Å². The lowest BCUT2D eigenvalue weighted by molar-refractivity contribution is -0.164. The number of nitrogens with zero attached hydrogens (tertiary/aromatic N) is 1. The number of ether oxygens (including phenoxy) is 1. The van der Waals surface area contributed by atoms with E-state index in [0.717, 1.165) is 30.4 Å². The molecule has 1 aliphatic heterocycles. The Kier molecular flexibility index (Phi) is 7.49. The van der Waals surface area contributed by atoms with Crippen molar-refractivity contribution in [2.24, 2.45) is 5.41 Å². The SMILES string of the molecule is CC[C@@H](CCC(C)(C)C)N1C(=O)CO[C@H](c2cccc(Cl)c2)[C@H]1c1ccc(Cl)cc1. The lowest BCUT2D eigenvalue weighted by atomic mass is 9.86. The van der Waals surface area contributed by atoms with Gasteiger partial charge in [-0.2, -0.15) is 0 Å². The average Bonchev–Trinajstić information content (AvgIpc) is 2.69. The summed E-state index contributed by atoms with van der Waals surface area (Å²) in [5, 5.41) is 1.33. The van der Waals surface area contributed by atoms with Crippen LogP contribution < -0.4 is 0 Å². The second-order valence-corrected chi connectivity index (χ2v) is 10.1. The Morgan fingerprint density at radius 2 is 1.77 bits per heavy atom. The van der Waals surface area contributed by atoms with E-state index < -0.39 is 0 Å². The molecule has 1 fully saturated rings. The number of carbonyl (C=O) groups excluding carboxylic acids is 1. The number of benzene rings is 2. The Balaban J connectivity index is 2.04. The fraction of sp³-hybridized carbons (Fsp3) is 0.480. The summed E-state index contributed by atoms with van der Waals surface area (Å²) in [7, 11) is 0. The number of rotatable bonds is 6. The molecule has 0 N–H and O–H groups in total. The molecule has 0 unspecified atom stereocenters. The van der Waals surface area contributed by atoms with Crippen LogP contribution in [0.3, 0.4) is 0 Å². The van der Waals surface area contributed by atoms with Crippen LogP contribution in [-0.4, -0.2) is 23.5 Å². The summed E-state index contributed by atoms with van der Waals surface area (Å²) in [5.74, 6) is 0.0361. The minimum Gasteiger partial charge on any atom is -0.361 e. The molecule has 1 saturated heterocycles. The normalized spacial score (nSPS) is 21.0. The van der Waals surface area contributed by atoms with Crippen molar-refractivity contribution >= 4 is 29.1 Å². The smallest absolute Gasteiger partial charge is 0.249 e. The number of morpholine rings is 1. The van der Waals surface area contributed by atoms with E-state index in [0.29, 0.717) is 10.0 Å². The van der Waals surface area contributed by atoms with Gasteiger partial charge in [-0.25, -0.2) is 0 Å². The first-order valence-corrected chi connectivity index (χ1v) is 11.4. The van der Waals surface area contributed by atoms with Gasteiger partial charge in [0, 0.05) is 16.1 Å². The number of halogens is 2. The highest BCUT2D eigenvalue weighted by molar-refractivity contribution is 6.30. The average molecular weight is 448 g/mol. The van der Waals surface area contributed by atoms with E-state index in [1.165, 1.54) is 0 Å². The van der Waals surface area contributed by atoms with Gasteiger partial charge in [0.1, 0.15) is 12.7 Å². The number of carbonyl (C=O) groups is 1. The molecule has 2 aromatic rings. The highest BCUT2D eigenvalue weighted by Gasteiger charge is 2.41. The first-order chi connectivity index (χ1) is 14.2. The van der Waals surface area contributed by atoms with Crippen LogP contribution in [0.25, 0.3) is 0 Å². The van der Waals surface area contributed by atoms with Crippen molar-refractivity contribution in [3.63, 3.8) is 0 Å². The van der Waals surface area contributed by atoms with Crippen molar-refractivity contribution in [1.82, 2.24) is 4.90 Å². The van der Waals surface area contributed by atoms with Crippen LogP contribution in [0, 0.1) is 5.41 Å². The maximum atomic E-state index is 13.2. The lowest BCUT2D eigenvalue weighted by Gasteiger charge is -2.46. The highest BCUT2D eigenvalue weighted by Crippen LogP contribution is 2.43. The molecule has 0 saturated carbocycles. The molecule has 0 spiro atoms. The quantitative estimate of drug-likeness (QED) is 0.466. The van der Waals surface area contributed by atoms with Gasteiger partial charge in [-0.05, 0) is 60.1 Å². The van der Waals surface area contributed by atoms with Crippen molar-refractivity contribution < 1.29 is 9.53 Å². The monoisotopic (exact) mass is 447 g/mol. The van der Waals surface area contributed by atoms with Crippen LogP contribution in [0.5, 0.6) is 0 Å². The third-order valence-electron chi connectivity index (χ3n) is 5.74. The number of hydrogen-bond acceptors (Lipinski definition) is 2. The topological polar surface area (TPSA) is 29.5 Å². The van der Waals surface area contributed by atoms with Crippen molar-refractivity contribution in [1.29, 1.82) is 0 Å². The summed E-state index contributed by atoms with van der Waals surface area (Å²) in [6.07, 6.45) is 2.61. The molecule has 2 aromatic carbocycles. The predicted molar refractivity (Wildman–Crippen MR) is 124 cm³/mol. The number of hydrogen-bond donors (Lipinski definition) is 0. The molecule has 3 atom stereocenters. The Morgan fingerprint density at radius 1 is 1.07 bits per heavy atom. The van der Waals surface area contributed by atoms with E-state index in [-0.39, 0.29) is 36.1 Å². The summed E-state index contributed by atoms with van der Waals surface area (Å²) in [5.41, 5.74) is 2.21. The van der Waals surface area contributed by atoms with Crippen molar-refractivity contribution in [3.05, 3.63) is 69.7 Å². The third kappa shape index (κ3) is 5.57. The fourth-order valence-electron chi connectivity index (χ4n) is 4.16. The molecule has 3 rings (SSSR count). The first-order valence-electron chi connectivity index (χ1n) is 10.6. The minimum atomic E-state index is -0.286. The van der Waals surface area contributed by atoms with Crippen LogP contribution >= 0.6 is 23.2 Å². The zero-order valence-electron chi connectivity index (χ0n) is 18.2. The van der Waals surface area contributed by atoms with Gasteiger partial charge in [-0.1, -0.05) is 75.2 Å².